The van der Waals surface area contributed by atoms with Gasteiger partial charge in [-0.3, -0.25) is 0 Å². The van der Waals surface area contributed by atoms with Gasteiger partial charge in [0.15, 0.2) is 0 Å². The third-order valence-corrected chi connectivity index (χ3v) is 8.53. The first-order valence-electron chi connectivity index (χ1n) is 12.6. The quantitative estimate of drug-likeness (QED) is 0.318. The highest BCUT2D eigenvalue weighted by Gasteiger charge is 2.32. The normalized spacial score (nSPS) is 13.8. The van der Waals surface area contributed by atoms with Crippen LogP contribution >= 0.6 is 0 Å². The summed E-state index contributed by atoms with van der Waals surface area (Å²) in [5.41, 5.74) is 2.20. The molecule has 8 nitrogen and oxygen atoms in total. The van der Waals surface area contributed by atoms with Gasteiger partial charge >= 0.3 is 26.5 Å². The van der Waals surface area contributed by atoms with Crippen LogP contribution in [0.5, 0.6) is 11.5 Å². The van der Waals surface area contributed by atoms with E-state index in [1.54, 1.807) is 36.4 Å². The predicted molar refractivity (Wildman–Crippen MR) is 152 cm³/mol. The fourth-order valence-electron chi connectivity index (χ4n) is 4.24. The lowest BCUT2D eigenvalue weighted by atomic mass is 9.87. The van der Waals surface area contributed by atoms with E-state index in [1.807, 2.05) is 41.5 Å². The lowest BCUT2D eigenvalue weighted by Crippen LogP contribution is -2.19. The van der Waals surface area contributed by atoms with E-state index in [0.29, 0.717) is 5.56 Å². The zero-order valence-electron chi connectivity index (χ0n) is 23.2. The lowest BCUT2D eigenvalue weighted by Gasteiger charge is -2.19. The van der Waals surface area contributed by atoms with Crippen molar-refractivity contribution in [2.75, 3.05) is 0 Å². The molecule has 10 heteroatoms. The van der Waals surface area contributed by atoms with Crippen LogP contribution in [0.3, 0.4) is 0 Å². The molecule has 0 heterocycles. The van der Waals surface area contributed by atoms with Crippen molar-refractivity contribution in [3.8, 4) is 11.5 Å². The van der Waals surface area contributed by atoms with Gasteiger partial charge in [0.25, 0.3) is 0 Å². The first-order valence-corrected chi connectivity index (χ1v) is 15.4. The first-order chi connectivity index (χ1) is 18.5. The van der Waals surface area contributed by atoms with E-state index in [0.717, 1.165) is 11.1 Å². The van der Waals surface area contributed by atoms with Crippen LogP contribution in [0, 0.1) is 0 Å². The monoisotopic (exact) mass is 584 g/mol. The molecule has 3 aromatic rings. The van der Waals surface area contributed by atoms with Gasteiger partial charge in [-0.15, -0.1) is 8.42 Å². The highest BCUT2D eigenvalue weighted by Crippen LogP contribution is 2.35. The SMILES string of the molecule is CC(C)(C)c1ccc(OS(=O)(=O)OC(=O)C2=CCc3c2cccc3S(=O)(=O)Oc2ccc(C(C)(C)C)cc2)cc1. The minimum Gasteiger partial charge on any atom is -0.379 e. The molecule has 0 bridgehead atoms. The molecular formula is C30H32O8S2. The number of hydrogen-bond donors (Lipinski definition) is 0. The molecule has 0 N–H and O–H groups in total. The lowest BCUT2D eigenvalue weighted by molar-refractivity contribution is -0.127. The summed E-state index contributed by atoms with van der Waals surface area (Å²) in [5.74, 6) is -1.05. The number of carbonyl (C=O) groups is 1. The Hall–Kier alpha value is -3.63. The number of carbonyl (C=O) groups excluding carboxylic acids is 1. The molecule has 0 saturated heterocycles. The van der Waals surface area contributed by atoms with Gasteiger partial charge in [0.1, 0.15) is 16.4 Å². The zero-order chi connectivity index (χ0) is 29.5. The van der Waals surface area contributed by atoms with E-state index in [9.17, 15) is 21.6 Å². The number of rotatable bonds is 7. The van der Waals surface area contributed by atoms with Crippen LogP contribution in [0.4, 0.5) is 0 Å². The van der Waals surface area contributed by atoms with E-state index >= 15 is 0 Å². The second kappa shape index (κ2) is 10.4. The molecule has 0 amide bonds. The third kappa shape index (κ3) is 6.56. The summed E-state index contributed by atoms with van der Waals surface area (Å²) in [5, 5.41) is 0. The van der Waals surface area contributed by atoms with Crippen LogP contribution in [0.15, 0.2) is 77.7 Å². The van der Waals surface area contributed by atoms with Crippen molar-refractivity contribution in [1.82, 2.24) is 0 Å². The predicted octanol–water partition coefficient (Wildman–Crippen LogP) is 5.86. The van der Waals surface area contributed by atoms with E-state index in [2.05, 4.69) is 0 Å². The second-order valence-corrected chi connectivity index (χ2v) is 14.2. The molecule has 0 radical (unpaired) electrons. The second-order valence-electron chi connectivity index (χ2n) is 11.6. The molecule has 3 aromatic carbocycles. The Morgan fingerprint density at radius 2 is 1.20 bits per heavy atom. The van der Waals surface area contributed by atoms with Crippen LogP contribution in [-0.4, -0.2) is 22.8 Å². The first kappa shape index (κ1) is 29.4. The van der Waals surface area contributed by atoms with Crippen LogP contribution in [0.25, 0.3) is 5.57 Å². The van der Waals surface area contributed by atoms with Gasteiger partial charge in [-0.2, -0.15) is 8.42 Å². The maximum absolute atomic E-state index is 13.2. The van der Waals surface area contributed by atoms with Crippen molar-refractivity contribution in [1.29, 1.82) is 0 Å². The molecule has 0 aromatic heterocycles. The van der Waals surface area contributed by atoms with Gasteiger partial charge in [-0.25, -0.2) is 4.79 Å². The number of allylic oxidation sites excluding steroid dienone is 1. The van der Waals surface area contributed by atoms with Crippen molar-refractivity contribution in [3.05, 3.63) is 95.1 Å². The van der Waals surface area contributed by atoms with Gasteiger partial charge in [-0.05, 0) is 69.8 Å². The fraction of sp³-hybridized carbons (Fsp3) is 0.300. The summed E-state index contributed by atoms with van der Waals surface area (Å²) in [4.78, 5) is 12.7. The maximum atomic E-state index is 13.2. The van der Waals surface area contributed by atoms with Crippen LogP contribution in [-0.2, 0) is 46.7 Å². The highest BCUT2D eigenvalue weighted by atomic mass is 32.3. The Kier molecular flexibility index (Phi) is 7.64. The standard InChI is InChI=1S/C30H32O8S2/c1-29(2,3)20-10-14-22(15-11-20)36-39(32,33)27-9-7-8-24-25(27)18-19-26(24)28(31)38-40(34,35)37-23-16-12-21(13-17-23)30(4,5)6/h7-17,19H,18H2,1-6H3. The van der Waals surface area contributed by atoms with E-state index in [1.165, 1.54) is 36.4 Å². The van der Waals surface area contributed by atoms with E-state index < -0.39 is 26.5 Å². The van der Waals surface area contributed by atoms with Crippen molar-refractivity contribution in [2.45, 2.75) is 63.7 Å². The fourth-order valence-corrected chi connectivity index (χ4v) is 6.09. The molecule has 4 rings (SSSR count). The Balaban J connectivity index is 1.50. The maximum Gasteiger partial charge on any atom is 0.503 e. The average Bonchev–Trinajstić information content (AvgIpc) is 3.27. The highest BCUT2D eigenvalue weighted by molar-refractivity contribution is 7.87. The Bertz CT molecular complexity index is 1670. The Morgan fingerprint density at radius 3 is 1.70 bits per heavy atom. The molecule has 40 heavy (non-hydrogen) atoms. The summed E-state index contributed by atoms with van der Waals surface area (Å²) in [7, 11) is -9.00. The number of hydrogen-bond acceptors (Lipinski definition) is 8. The Morgan fingerprint density at radius 1 is 0.700 bits per heavy atom. The molecule has 0 saturated carbocycles. The average molecular weight is 585 g/mol. The van der Waals surface area contributed by atoms with Gasteiger partial charge in [-0.1, -0.05) is 84.0 Å². The number of fused-ring (bicyclic) bond motifs is 1. The molecule has 1 aliphatic rings. The summed E-state index contributed by atoms with van der Waals surface area (Å²) >= 11 is 0. The molecule has 212 valence electrons. The smallest absolute Gasteiger partial charge is 0.379 e. The zero-order valence-corrected chi connectivity index (χ0v) is 24.9. The molecule has 0 fully saturated rings. The third-order valence-electron chi connectivity index (χ3n) is 6.45. The van der Waals surface area contributed by atoms with Crippen LogP contribution < -0.4 is 8.37 Å². The van der Waals surface area contributed by atoms with Gasteiger partial charge in [0.2, 0.25) is 0 Å². The summed E-state index contributed by atoms with van der Waals surface area (Å²) in [6, 6.07) is 17.5. The molecular weight excluding hydrogens is 552 g/mol. The number of benzene rings is 3. The van der Waals surface area contributed by atoms with Crippen molar-refractivity contribution in [3.63, 3.8) is 0 Å². The van der Waals surface area contributed by atoms with Crippen molar-refractivity contribution in [2.24, 2.45) is 0 Å². The van der Waals surface area contributed by atoms with Crippen molar-refractivity contribution < 1.29 is 34.2 Å². The summed E-state index contributed by atoms with van der Waals surface area (Å²) < 4.78 is 66.3. The van der Waals surface area contributed by atoms with Crippen LogP contribution in [0.2, 0.25) is 0 Å². The van der Waals surface area contributed by atoms with E-state index in [4.69, 9.17) is 12.5 Å². The summed E-state index contributed by atoms with van der Waals surface area (Å²) in [6.45, 7) is 12.2. The molecule has 0 spiro atoms. The molecule has 1 aliphatic carbocycles. The molecule has 0 unspecified atom stereocenters. The Labute approximate surface area is 236 Å². The van der Waals surface area contributed by atoms with Crippen molar-refractivity contribution >= 4 is 32.1 Å². The molecule has 0 atom stereocenters. The van der Waals surface area contributed by atoms with Crippen LogP contribution in [0.1, 0.15) is 63.8 Å². The largest absolute Gasteiger partial charge is 0.503 e. The summed E-state index contributed by atoms with van der Waals surface area (Å²) in [6.07, 6.45) is 1.48. The topological polar surface area (TPSA) is 113 Å². The van der Waals surface area contributed by atoms with Gasteiger partial charge in [0.05, 0.1) is 5.57 Å². The van der Waals surface area contributed by atoms with E-state index in [-0.39, 0.29) is 44.8 Å². The van der Waals surface area contributed by atoms with Gasteiger partial charge < -0.3 is 12.5 Å². The minimum absolute atomic E-state index is 0.0114. The van der Waals surface area contributed by atoms with Gasteiger partial charge in [0, 0.05) is 0 Å². The minimum atomic E-state index is -4.75. The molecule has 0 aliphatic heterocycles.